The fraction of sp³-hybridized carbons (Fsp3) is 0.538. The van der Waals surface area contributed by atoms with Gasteiger partial charge in [-0.3, -0.25) is 4.79 Å². The first-order valence-corrected chi connectivity index (χ1v) is 12.7. The predicted octanol–water partition coefficient (Wildman–Crippen LogP) is 1.31. The summed E-state index contributed by atoms with van der Waals surface area (Å²) in [5.41, 5.74) is 2.70. The minimum atomic E-state index is -0.729. The molecule has 2 aliphatic heterocycles. The molecule has 5 rings (SSSR count). The number of piperazine rings is 1. The Balaban J connectivity index is 1.24. The van der Waals surface area contributed by atoms with Crippen LogP contribution in [0.3, 0.4) is 0 Å². The molecule has 9 nitrogen and oxygen atoms in total. The van der Waals surface area contributed by atoms with Gasteiger partial charge in [0.25, 0.3) is 5.91 Å². The Bertz CT molecular complexity index is 1050. The van der Waals surface area contributed by atoms with Crippen LogP contribution in [0.4, 0.5) is 11.6 Å². The van der Waals surface area contributed by atoms with Crippen LogP contribution < -0.4 is 20.9 Å². The van der Waals surface area contributed by atoms with Crippen LogP contribution in [0.25, 0.3) is 0 Å². The number of aliphatic hydroxyl groups excluding tert-OH is 1. The molecule has 0 bridgehead atoms. The van der Waals surface area contributed by atoms with Crippen LogP contribution in [0.2, 0.25) is 0 Å². The first-order chi connectivity index (χ1) is 16.9. The molecule has 0 radical (unpaired) electrons. The molecule has 3 aliphatic rings. The largest absolute Gasteiger partial charge is 0.508 e. The Morgan fingerprint density at radius 2 is 1.97 bits per heavy atom. The average Bonchev–Trinajstić information content (AvgIpc) is 2.84. The van der Waals surface area contributed by atoms with Gasteiger partial charge in [0.1, 0.15) is 17.4 Å². The van der Waals surface area contributed by atoms with Gasteiger partial charge in [0.05, 0.1) is 6.10 Å². The van der Waals surface area contributed by atoms with Crippen molar-refractivity contribution in [2.24, 2.45) is 0 Å². The number of rotatable bonds is 7. The molecular formula is C26H36N6O3. The number of amides is 1. The molecule has 1 aromatic heterocycles. The van der Waals surface area contributed by atoms with Gasteiger partial charge in [0.15, 0.2) is 0 Å². The molecule has 5 N–H and O–H groups in total. The minimum absolute atomic E-state index is 0.154. The minimum Gasteiger partial charge on any atom is -0.508 e. The van der Waals surface area contributed by atoms with Crippen LogP contribution in [0.15, 0.2) is 30.3 Å². The molecule has 3 heterocycles. The number of phenols is 1. The number of pyridine rings is 1. The number of hydrogen-bond acceptors (Lipinski definition) is 8. The van der Waals surface area contributed by atoms with Gasteiger partial charge in [-0.2, -0.15) is 0 Å². The van der Waals surface area contributed by atoms with Crippen molar-refractivity contribution in [1.29, 1.82) is 0 Å². The lowest BCUT2D eigenvalue weighted by Crippen LogP contribution is -2.49. The van der Waals surface area contributed by atoms with Crippen LogP contribution in [-0.2, 0) is 13.0 Å². The number of likely N-dealkylation sites (N-methyl/N-ethyl adjacent to an activating group) is 1. The van der Waals surface area contributed by atoms with Crippen molar-refractivity contribution in [3.8, 4) is 5.75 Å². The SMILES string of the molecule is CN1CCN(c2cc(C(=O)NCC(O)[C@@H]3Cc4ccc(O)cc4CN3)cc(NC3CCC3)n2)CC1. The fourth-order valence-electron chi connectivity index (χ4n) is 4.92. The van der Waals surface area contributed by atoms with Crippen molar-refractivity contribution < 1.29 is 15.0 Å². The normalized spacial score (nSPS) is 21.7. The molecule has 1 amide bonds. The standard InChI is InChI=1S/C26H36N6O3/c1-31-7-9-32(10-8-31)25-14-18(13-24(30-25)29-20-3-2-4-20)26(35)28-16-23(34)22-12-17-5-6-21(33)11-19(17)15-27-22/h5-6,11,13-14,20,22-23,27,33-34H,2-4,7-10,12,15-16H2,1H3,(H,28,35)(H,29,30)/t22-,23?/m0/s1. The molecule has 188 valence electrons. The number of anilines is 2. The summed E-state index contributed by atoms with van der Waals surface area (Å²) in [6.45, 7) is 4.42. The van der Waals surface area contributed by atoms with E-state index < -0.39 is 6.10 Å². The van der Waals surface area contributed by atoms with Crippen molar-refractivity contribution in [2.45, 2.75) is 50.4 Å². The zero-order chi connectivity index (χ0) is 24.4. The monoisotopic (exact) mass is 480 g/mol. The van der Waals surface area contributed by atoms with E-state index in [0.29, 0.717) is 24.6 Å². The number of fused-ring (bicyclic) bond motifs is 1. The molecular weight excluding hydrogens is 444 g/mol. The maximum absolute atomic E-state index is 13.1. The molecule has 35 heavy (non-hydrogen) atoms. The number of aromatic hydroxyl groups is 1. The predicted molar refractivity (Wildman–Crippen MR) is 136 cm³/mol. The maximum Gasteiger partial charge on any atom is 0.251 e. The van der Waals surface area contributed by atoms with Crippen LogP contribution in [0.1, 0.15) is 40.7 Å². The highest BCUT2D eigenvalue weighted by molar-refractivity contribution is 5.95. The third kappa shape index (κ3) is 5.69. The summed E-state index contributed by atoms with van der Waals surface area (Å²) >= 11 is 0. The molecule has 9 heteroatoms. The molecule has 0 spiro atoms. The lowest BCUT2D eigenvalue weighted by atomic mass is 9.92. The van der Waals surface area contributed by atoms with Gasteiger partial charge in [0.2, 0.25) is 0 Å². The Morgan fingerprint density at radius 3 is 2.71 bits per heavy atom. The maximum atomic E-state index is 13.1. The van der Waals surface area contributed by atoms with E-state index in [4.69, 9.17) is 4.98 Å². The van der Waals surface area contributed by atoms with Crippen molar-refractivity contribution in [3.63, 3.8) is 0 Å². The van der Waals surface area contributed by atoms with E-state index in [1.807, 2.05) is 18.2 Å². The van der Waals surface area contributed by atoms with E-state index in [-0.39, 0.29) is 24.2 Å². The highest BCUT2D eigenvalue weighted by Gasteiger charge is 2.26. The average molecular weight is 481 g/mol. The van der Waals surface area contributed by atoms with E-state index in [1.54, 1.807) is 12.1 Å². The molecule has 1 saturated carbocycles. The molecule has 2 aromatic rings. The van der Waals surface area contributed by atoms with E-state index >= 15 is 0 Å². The highest BCUT2D eigenvalue weighted by Crippen LogP contribution is 2.26. The van der Waals surface area contributed by atoms with E-state index in [0.717, 1.165) is 61.8 Å². The van der Waals surface area contributed by atoms with E-state index in [9.17, 15) is 15.0 Å². The molecule has 1 saturated heterocycles. The van der Waals surface area contributed by atoms with Gasteiger partial charge >= 0.3 is 0 Å². The number of nitrogens with one attached hydrogen (secondary N) is 3. The number of phenolic OH excluding ortho intramolecular Hbond substituents is 1. The summed E-state index contributed by atoms with van der Waals surface area (Å²) in [7, 11) is 2.12. The number of carbonyl (C=O) groups is 1. The van der Waals surface area contributed by atoms with Crippen molar-refractivity contribution in [3.05, 3.63) is 47.0 Å². The highest BCUT2D eigenvalue weighted by atomic mass is 16.3. The summed E-state index contributed by atoms with van der Waals surface area (Å²) < 4.78 is 0. The Kier molecular flexibility index (Phi) is 7.08. The van der Waals surface area contributed by atoms with Crippen LogP contribution in [0, 0.1) is 0 Å². The van der Waals surface area contributed by atoms with Gasteiger partial charge in [-0.1, -0.05) is 6.07 Å². The number of nitrogens with zero attached hydrogens (tertiary/aromatic N) is 3. The summed E-state index contributed by atoms with van der Waals surface area (Å²) in [5, 5.41) is 30.2. The second kappa shape index (κ2) is 10.4. The summed E-state index contributed by atoms with van der Waals surface area (Å²) in [6, 6.07) is 9.26. The van der Waals surface area contributed by atoms with Gasteiger partial charge in [0, 0.05) is 56.9 Å². The Labute approximate surface area is 206 Å². The summed E-state index contributed by atoms with van der Waals surface area (Å²) in [4.78, 5) is 22.5. The zero-order valence-electron chi connectivity index (χ0n) is 20.3. The fourth-order valence-corrected chi connectivity index (χ4v) is 4.92. The first-order valence-electron chi connectivity index (χ1n) is 12.7. The number of aliphatic hydroxyl groups is 1. The smallest absolute Gasteiger partial charge is 0.251 e. The first kappa shape index (κ1) is 23.8. The molecule has 1 unspecified atom stereocenters. The van der Waals surface area contributed by atoms with Crippen LogP contribution >= 0.6 is 0 Å². The van der Waals surface area contributed by atoms with E-state index in [1.165, 1.54) is 6.42 Å². The van der Waals surface area contributed by atoms with Gasteiger partial charge in [-0.15, -0.1) is 0 Å². The molecule has 2 atom stereocenters. The van der Waals surface area contributed by atoms with Crippen molar-refractivity contribution in [2.75, 3.05) is 50.0 Å². The van der Waals surface area contributed by atoms with Gasteiger partial charge < -0.3 is 36.0 Å². The summed E-state index contributed by atoms with van der Waals surface area (Å²) in [5.74, 6) is 1.60. The lowest BCUT2D eigenvalue weighted by molar-refractivity contribution is 0.0870. The third-order valence-electron chi connectivity index (χ3n) is 7.48. The van der Waals surface area contributed by atoms with Gasteiger partial charge in [-0.25, -0.2) is 4.98 Å². The van der Waals surface area contributed by atoms with Crippen LogP contribution in [-0.4, -0.2) is 84.0 Å². The second-order valence-corrected chi connectivity index (χ2v) is 10.1. The summed E-state index contributed by atoms with van der Waals surface area (Å²) in [6.07, 6.45) is 3.40. The van der Waals surface area contributed by atoms with Crippen LogP contribution in [0.5, 0.6) is 5.75 Å². The molecule has 1 aliphatic carbocycles. The van der Waals surface area contributed by atoms with E-state index in [2.05, 4.69) is 32.8 Å². The molecule has 1 aromatic carbocycles. The zero-order valence-corrected chi connectivity index (χ0v) is 20.3. The Morgan fingerprint density at radius 1 is 1.17 bits per heavy atom. The second-order valence-electron chi connectivity index (χ2n) is 10.1. The van der Waals surface area contributed by atoms with Crippen molar-refractivity contribution >= 4 is 17.5 Å². The number of hydrogen-bond donors (Lipinski definition) is 5. The Hall–Kier alpha value is -2.88. The number of benzene rings is 1. The van der Waals surface area contributed by atoms with Gasteiger partial charge in [-0.05, 0) is 68.1 Å². The number of carbonyl (C=O) groups excluding carboxylic acids is 1. The van der Waals surface area contributed by atoms with Crippen molar-refractivity contribution in [1.82, 2.24) is 20.5 Å². The third-order valence-corrected chi connectivity index (χ3v) is 7.48. The lowest BCUT2D eigenvalue weighted by Gasteiger charge is -2.34. The molecule has 2 fully saturated rings. The number of aromatic nitrogens is 1. The topological polar surface area (TPSA) is 113 Å². The quantitative estimate of drug-likeness (QED) is 0.403.